The number of fused-ring (bicyclic) bond motifs is 1. The van der Waals surface area contributed by atoms with Crippen molar-refractivity contribution in [2.45, 2.75) is 52.0 Å². The smallest absolute Gasteiger partial charge is 0.257 e. The molecule has 1 N–H and O–H groups in total. The van der Waals surface area contributed by atoms with E-state index in [2.05, 4.69) is 16.8 Å². The molecule has 3 rings (SSSR count). The molecule has 0 saturated carbocycles. The lowest BCUT2D eigenvalue weighted by Gasteiger charge is -2.18. The summed E-state index contributed by atoms with van der Waals surface area (Å²) in [4.78, 5) is 31.3. The molecule has 1 aromatic heterocycles. The lowest BCUT2D eigenvalue weighted by atomic mass is 10.2. The molecule has 1 heterocycles. The van der Waals surface area contributed by atoms with Gasteiger partial charge in [-0.15, -0.1) is 0 Å². The van der Waals surface area contributed by atoms with E-state index in [1.165, 1.54) is 0 Å². The van der Waals surface area contributed by atoms with Crippen LogP contribution in [0.2, 0.25) is 0 Å². The minimum Gasteiger partial charge on any atom is -0.484 e. The summed E-state index contributed by atoms with van der Waals surface area (Å²) < 4.78 is 7.52. The number of imidazole rings is 1. The summed E-state index contributed by atoms with van der Waals surface area (Å²) in [6.45, 7) is 3.86. The molecular weight excluding hydrogens is 428 g/mol. The minimum atomic E-state index is -0.114. The molecule has 2 aromatic carbocycles. The van der Waals surface area contributed by atoms with E-state index in [1.807, 2.05) is 66.5 Å². The van der Waals surface area contributed by atoms with Gasteiger partial charge in [0.2, 0.25) is 5.91 Å². The first-order chi connectivity index (χ1) is 16.6. The fourth-order valence-corrected chi connectivity index (χ4v) is 3.80. The van der Waals surface area contributed by atoms with Gasteiger partial charge in [-0.3, -0.25) is 9.59 Å². The number of nitrogens with one attached hydrogen (secondary N) is 1. The third-order valence-electron chi connectivity index (χ3n) is 5.81. The number of likely N-dealkylation sites (N-methyl/N-ethyl adjacent to an activating group) is 1. The van der Waals surface area contributed by atoms with Gasteiger partial charge in [-0.05, 0) is 43.5 Å². The van der Waals surface area contributed by atoms with Crippen LogP contribution in [0.1, 0.15) is 44.9 Å². The first kappa shape index (κ1) is 25.3. The highest BCUT2D eigenvalue weighted by Crippen LogP contribution is 2.18. The molecule has 0 spiro atoms. The van der Waals surface area contributed by atoms with Crippen LogP contribution >= 0.6 is 0 Å². The van der Waals surface area contributed by atoms with Crippen molar-refractivity contribution >= 4 is 22.8 Å². The van der Waals surface area contributed by atoms with Gasteiger partial charge in [-0.1, -0.05) is 50.1 Å². The van der Waals surface area contributed by atoms with Crippen molar-refractivity contribution < 1.29 is 14.3 Å². The van der Waals surface area contributed by atoms with Crippen molar-refractivity contribution in [1.82, 2.24) is 19.8 Å². The van der Waals surface area contributed by atoms with Gasteiger partial charge in [0.05, 0.1) is 11.0 Å². The summed E-state index contributed by atoms with van der Waals surface area (Å²) >= 11 is 0. The number of nitrogens with zero attached hydrogens (tertiary/aromatic N) is 3. The van der Waals surface area contributed by atoms with Crippen LogP contribution in [-0.2, 0) is 22.6 Å². The zero-order valence-corrected chi connectivity index (χ0v) is 20.3. The average molecular weight is 465 g/mol. The van der Waals surface area contributed by atoms with Gasteiger partial charge >= 0.3 is 0 Å². The first-order valence-electron chi connectivity index (χ1n) is 12.2. The van der Waals surface area contributed by atoms with Crippen molar-refractivity contribution in [2.24, 2.45) is 0 Å². The highest BCUT2D eigenvalue weighted by atomic mass is 16.5. The van der Waals surface area contributed by atoms with E-state index < -0.39 is 0 Å². The number of hydrogen-bond acceptors (Lipinski definition) is 4. The maximum Gasteiger partial charge on any atom is 0.257 e. The monoisotopic (exact) mass is 464 g/mol. The summed E-state index contributed by atoms with van der Waals surface area (Å²) in [5, 5.41) is 2.90. The van der Waals surface area contributed by atoms with Gasteiger partial charge in [0.15, 0.2) is 6.61 Å². The summed E-state index contributed by atoms with van der Waals surface area (Å²) in [5.41, 5.74) is 1.92. The summed E-state index contributed by atoms with van der Waals surface area (Å²) in [5.74, 6) is 1.63. The zero-order valence-electron chi connectivity index (χ0n) is 20.3. The normalized spacial score (nSPS) is 10.9. The van der Waals surface area contributed by atoms with E-state index in [-0.39, 0.29) is 18.4 Å². The first-order valence-corrected chi connectivity index (χ1v) is 12.2. The van der Waals surface area contributed by atoms with Crippen LogP contribution in [-0.4, -0.2) is 53.0 Å². The minimum absolute atomic E-state index is 0.0226. The largest absolute Gasteiger partial charge is 0.484 e. The topological polar surface area (TPSA) is 76.5 Å². The molecule has 0 aliphatic carbocycles. The fraction of sp³-hybridized carbons (Fsp3) is 0.444. The standard InChI is InChI=1S/C27H36N4O3/c1-3-4-19-30(2)27(33)20-31-24-16-11-10-15-23(24)29-25(31)17-9-6-12-18-28-26(32)21-34-22-13-7-5-8-14-22/h5,7-8,10-11,13-16H,3-4,6,9,12,17-21H2,1-2H3,(H,28,32). The van der Waals surface area contributed by atoms with E-state index in [9.17, 15) is 9.59 Å². The SMILES string of the molecule is CCCCN(C)C(=O)Cn1c(CCCCCNC(=O)COc2ccccc2)nc2ccccc21. The Morgan fingerprint density at radius 1 is 1.00 bits per heavy atom. The van der Waals surface area contributed by atoms with Crippen LogP contribution in [0.5, 0.6) is 5.75 Å². The van der Waals surface area contributed by atoms with Crippen LogP contribution in [0.25, 0.3) is 11.0 Å². The summed E-state index contributed by atoms with van der Waals surface area (Å²) in [6.07, 6.45) is 5.67. The summed E-state index contributed by atoms with van der Waals surface area (Å²) in [7, 11) is 1.87. The number of para-hydroxylation sites is 3. The Hall–Kier alpha value is -3.35. The Kier molecular flexibility index (Phi) is 9.95. The predicted molar refractivity (Wildman–Crippen MR) is 135 cm³/mol. The molecule has 34 heavy (non-hydrogen) atoms. The predicted octanol–water partition coefficient (Wildman–Crippen LogP) is 4.20. The maximum atomic E-state index is 12.8. The third-order valence-corrected chi connectivity index (χ3v) is 5.81. The third kappa shape index (κ3) is 7.61. The highest BCUT2D eigenvalue weighted by Gasteiger charge is 2.15. The number of benzene rings is 2. The molecule has 0 aliphatic heterocycles. The van der Waals surface area contributed by atoms with Crippen molar-refractivity contribution in [2.75, 3.05) is 26.7 Å². The van der Waals surface area contributed by atoms with Crippen LogP contribution in [0, 0.1) is 0 Å². The highest BCUT2D eigenvalue weighted by molar-refractivity contribution is 5.81. The van der Waals surface area contributed by atoms with Crippen molar-refractivity contribution in [3.63, 3.8) is 0 Å². The fourth-order valence-electron chi connectivity index (χ4n) is 3.80. The second-order valence-corrected chi connectivity index (χ2v) is 8.53. The van der Waals surface area contributed by atoms with Gasteiger partial charge in [-0.2, -0.15) is 0 Å². The average Bonchev–Trinajstić information content (AvgIpc) is 3.21. The molecule has 7 heteroatoms. The number of aromatic nitrogens is 2. The molecule has 0 unspecified atom stereocenters. The molecule has 0 atom stereocenters. The van der Waals surface area contributed by atoms with Gasteiger partial charge in [0.1, 0.15) is 18.1 Å². The van der Waals surface area contributed by atoms with Crippen LogP contribution in [0.3, 0.4) is 0 Å². The molecule has 2 amide bonds. The van der Waals surface area contributed by atoms with Crippen molar-refractivity contribution in [3.05, 3.63) is 60.4 Å². The number of carbonyl (C=O) groups is 2. The number of aryl methyl sites for hydroxylation is 1. The van der Waals surface area contributed by atoms with E-state index in [1.54, 1.807) is 0 Å². The molecule has 0 radical (unpaired) electrons. The van der Waals surface area contributed by atoms with E-state index in [4.69, 9.17) is 9.72 Å². The second kappa shape index (κ2) is 13.4. The Bertz CT molecular complexity index is 1050. The zero-order chi connectivity index (χ0) is 24.2. The van der Waals surface area contributed by atoms with E-state index in [0.717, 1.165) is 61.9 Å². The lowest BCUT2D eigenvalue weighted by molar-refractivity contribution is -0.130. The molecule has 0 fully saturated rings. The quantitative estimate of drug-likeness (QED) is 0.363. The number of amides is 2. The molecule has 3 aromatic rings. The Morgan fingerprint density at radius 3 is 2.56 bits per heavy atom. The molecule has 0 bridgehead atoms. The van der Waals surface area contributed by atoms with Gasteiger partial charge in [0, 0.05) is 26.6 Å². The van der Waals surface area contributed by atoms with Crippen LogP contribution < -0.4 is 10.1 Å². The molecule has 182 valence electrons. The second-order valence-electron chi connectivity index (χ2n) is 8.53. The van der Waals surface area contributed by atoms with Crippen LogP contribution in [0.4, 0.5) is 0 Å². The number of hydrogen-bond donors (Lipinski definition) is 1. The summed E-state index contributed by atoms with van der Waals surface area (Å²) in [6, 6.07) is 17.3. The Labute approximate surface area is 202 Å². The van der Waals surface area contributed by atoms with Gasteiger partial charge in [-0.25, -0.2) is 4.98 Å². The number of unbranched alkanes of at least 4 members (excludes halogenated alkanes) is 3. The maximum absolute atomic E-state index is 12.8. The van der Waals surface area contributed by atoms with Crippen LogP contribution in [0.15, 0.2) is 54.6 Å². The number of rotatable bonds is 14. The number of ether oxygens (including phenoxy) is 1. The van der Waals surface area contributed by atoms with Crippen molar-refractivity contribution in [1.29, 1.82) is 0 Å². The number of carbonyl (C=O) groups excluding carboxylic acids is 2. The molecule has 0 saturated heterocycles. The van der Waals surface area contributed by atoms with Gasteiger partial charge < -0.3 is 19.5 Å². The van der Waals surface area contributed by atoms with E-state index >= 15 is 0 Å². The Balaban J connectivity index is 1.44. The molecule has 0 aliphatic rings. The Morgan fingerprint density at radius 2 is 1.76 bits per heavy atom. The lowest BCUT2D eigenvalue weighted by Crippen LogP contribution is -2.31. The molecular formula is C27H36N4O3. The van der Waals surface area contributed by atoms with Crippen molar-refractivity contribution in [3.8, 4) is 5.75 Å². The van der Waals surface area contributed by atoms with Gasteiger partial charge in [0.25, 0.3) is 5.91 Å². The van der Waals surface area contributed by atoms with E-state index in [0.29, 0.717) is 18.8 Å². The molecule has 7 nitrogen and oxygen atoms in total.